The summed E-state index contributed by atoms with van der Waals surface area (Å²) < 4.78 is 27.4. The van der Waals surface area contributed by atoms with Gasteiger partial charge in [-0.05, 0) is 31.7 Å². The zero-order valence-electron chi connectivity index (χ0n) is 12.0. The van der Waals surface area contributed by atoms with E-state index in [9.17, 15) is 8.42 Å². The molecule has 1 saturated carbocycles. The number of aliphatic hydroxyl groups excluding tert-OH is 1. The van der Waals surface area contributed by atoms with Crippen LogP contribution in [0.5, 0.6) is 0 Å². The van der Waals surface area contributed by atoms with Gasteiger partial charge in [-0.2, -0.15) is 0 Å². The molecular formula is C15H20N2O3S. The van der Waals surface area contributed by atoms with Crippen LogP contribution in [0.2, 0.25) is 0 Å². The van der Waals surface area contributed by atoms with E-state index in [1.165, 1.54) is 24.9 Å². The second-order valence-corrected chi connectivity index (χ2v) is 7.00. The van der Waals surface area contributed by atoms with Crippen LogP contribution in [0.4, 0.5) is 0 Å². The maximum absolute atomic E-state index is 12.3. The van der Waals surface area contributed by atoms with Crippen molar-refractivity contribution in [2.45, 2.75) is 43.5 Å². The van der Waals surface area contributed by atoms with Crippen LogP contribution in [0.15, 0.2) is 23.4 Å². The molecule has 0 radical (unpaired) electrons. The number of aliphatic hydroxyl groups is 1. The van der Waals surface area contributed by atoms with Crippen molar-refractivity contribution in [3.63, 3.8) is 0 Å². The third-order valence-corrected chi connectivity index (χ3v) is 5.22. The quantitative estimate of drug-likeness (QED) is 0.803. The Bertz CT molecular complexity index is 642. The molecule has 1 unspecified atom stereocenters. The first-order valence-corrected chi connectivity index (χ1v) is 8.58. The monoisotopic (exact) mass is 308 g/mol. The van der Waals surface area contributed by atoms with Gasteiger partial charge in [-0.3, -0.25) is 4.98 Å². The van der Waals surface area contributed by atoms with E-state index in [0.29, 0.717) is 17.9 Å². The standard InChI is InChI=1S/C15H20N2O3S/c1-12(14-6-4-7-14)17-21(19,20)15-9-13(10-16-11-15)5-2-3-8-18/h9-12,14,17-18H,3-4,6-8H2,1H3. The zero-order valence-corrected chi connectivity index (χ0v) is 12.9. The van der Waals surface area contributed by atoms with Crippen LogP contribution in [0, 0.1) is 17.8 Å². The molecule has 1 heterocycles. The van der Waals surface area contributed by atoms with E-state index in [-0.39, 0.29) is 17.5 Å². The summed E-state index contributed by atoms with van der Waals surface area (Å²) in [5.74, 6) is 5.97. The summed E-state index contributed by atoms with van der Waals surface area (Å²) >= 11 is 0. The first-order valence-electron chi connectivity index (χ1n) is 7.10. The van der Waals surface area contributed by atoms with Gasteiger partial charge < -0.3 is 5.11 Å². The van der Waals surface area contributed by atoms with Gasteiger partial charge in [0.25, 0.3) is 0 Å². The van der Waals surface area contributed by atoms with Crippen LogP contribution in [0.3, 0.4) is 0 Å². The van der Waals surface area contributed by atoms with E-state index in [0.717, 1.165) is 12.8 Å². The lowest BCUT2D eigenvalue weighted by atomic mass is 9.81. The summed E-state index contributed by atoms with van der Waals surface area (Å²) in [6, 6.07) is 1.44. The highest BCUT2D eigenvalue weighted by atomic mass is 32.2. The molecule has 2 rings (SSSR count). The van der Waals surface area contributed by atoms with Crippen LogP contribution in [0.1, 0.15) is 38.2 Å². The normalized spacial score (nSPS) is 16.7. The molecule has 21 heavy (non-hydrogen) atoms. The van der Waals surface area contributed by atoms with Crippen LogP contribution < -0.4 is 4.72 Å². The summed E-state index contributed by atoms with van der Waals surface area (Å²) in [6.45, 7) is 1.89. The number of rotatable bonds is 5. The summed E-state index contributed by atoms with van der Waals surface area (Å²) in [4.78, 5) is 4.06. The fraction of sp³-hybridized carbons (Fsp3) is 0.533. The molecule has 1 fully saturated rings. The van der Waals surface area contributed by atoms with E-state index in [1.54, 1.807) is 0 Å². The largest absolute Gasteiger partial charge is 0.395 e. The molecule has 0 aliphatic heterocycles. The number of hydrogen-bond acceptors (Lipinski definition) is 4. The molecule has 5 nitrogen and oxygen atoms in total. The molecule has 1 aliphatic rings. The van der Waals surface area contributed by atoms with Crippen LogP contribution in [-0.2, 0) is 10.0 Å². The molecule has 0 saturated heterocycles. The van der Waals surface area contributed by atoms with Gasteiger partial charge in [-0.15, -0.1) is 0 Å². The van der Waals surface area contributed by atoms with Gasteiger partial charge in [-0.25, -0.2) is 13.1 Å². The van der Waals surface area contributed by atoms with Crippen LogP contribution in [-0.4, -0.2) is 31.2 Å². The Morgan fingerprint density at radius 3 is 2.86 bits per heavy atom. The number of nitrogens with zero attached hydrogens (tertiary/aromatic N) is 1. The van der Waals surface area contributed by atoms with Crippen molar-refractivity contribution in [1.29, 1.82) is 0 Å². The maximum Gasteiger partial charge on any atom is 0.242 e. The van der Waals surface area contributed by atoms with Gasteiger partial charge >= 0.3 is 0 Å². The van der Waals surface area contributed by atoms with Gasteiger partial charge in [0.2, 0.25) is 10.0 Å². The Labute approximate surface area is 125 Å². The molecule has 1 aliphatic carbocycles. The van der Waals surface area contributed by atoms with Gasteiger partial charge in [0, 0.05) is 30.4 Å². The predicted octanol–water partition coefficient (Wildman–Crippen LogP) is 1.28. The molecule has 0 aromatic carbocycles. The summed E-state index contributed by atoms with van der Waals surface area (Å²) in [7, 11) is -3.56. The van der Waals surface area contributed by atoms with Gasteiger partial charge in [-0.1, -0.05) is 18.3 Å². The lowest BCUT2D eigenvalue weighted by Crippen LogP contribution is -2.40. The van der Waals surface area contributed by atoms with Crippen LogP contribution in [0.25, 0.3) is 0 Å². The Kier molecular flexibility index (Phi) is 5.34. The average molecular weight is 308 g/mol. The first-order chi connectivity index (χ1) is 10.0. The van der Waals surface area contributed by atoms with Crippen molar-refractivity contribution in [2.24, 2.45) is 5.92 Å². The van der Waals surface area contributed by atoms with Crippen molar-refractivity contribution in [2.75, 3.05) is 6.61 Å². The highest BCUT2D eigenvalue weighted by molar-refractivity contribution is 7.89. The second-order valence-electron chi connectivity index (χ2n) is 5.29. The zero-order chi connectivity index (χ0) is 15.3. The molecule has 114 valence electrons. The molecule has 0 amide bonds. The van der Waals surface area contributed by atoms with Crippen molar-refractivity contribution < 1.29 is 13.5 Å². The summed E-state index contributed by atoms with van der Waals surface area (Å²) in [5.41, 5.74) is 0.530. The minimum Gasteiger partial charge on any atom is -0.395 e. The highest BCUT2D eigenvalue weighted by Crippen LogP contribution is 2.30. The van der Waals surface area contributed by atoms with Crippen LogP contribution >= 0.6 is 0 Å². The third-order valence-electron chi connectivity index (χ3n) is 3.69. The number of nitrogens with one attached hydrogen (secondary N) is 1. The van der Waals surface area contributed by atoms with Crippen molar-refractivity contribution >= 4 is 10.0 Å². The van der Waals surface area contributed by atoms with Gasteiger partial charge in [0.1, 0.15) is 4.90 Å². The summed E-state index contributed by atoms with van der Waals surface area (Å²) in [6.07, 6.45) is 6.52. The second kappa shape index (κ2) is 7.03. The minimum absolute atomic E-state index is 0.0150. The van der Waals surface area contributed by atoms with Crippen molar-refractivity contribution in [3.8, 4) is 11.8 Å². The molecule has 1 aromatic rings. The topological polar surface area (TPSA) is 79.3 Å². The van der Waals surface area contributed by atoms with Crippen molar-refractivity contribution in [1.82, 2.24) is 9.71 Å². The number of hydrogen-bond donors (Lipinski definition) is 2. The Hall–Kier alpha value is -1.42. The fourth-order valence-corrected chi connectivity index (χ4v) is 3.50. The molecule has 0 spiro atoms. The van der Waals surface area contributed by atoms with Gasteiger partial charge in [0.15, 0.2) is 0 Å². The Balaban J connectivity index is 2.12. The summed E-state index contributed by atoms with van der Waals surface area (Å²) in [5, 5.41) is 8.68. The molecule has 6 heteroatoms. The number of aromatic nitrogens is 1. The van der Waals surface area contributed by atoms with E-state index >= 15 is 0 Å². The molecule has 1 atom stereocenters. The molecule has 2 N–H and O–H groups in total. The minimum atomic E-state index is -3.56. The van der Waals surface area contributed by atoms with E-state index < -0.39 is 10.0 Å². The van der Waals surface area contributed by atoms with E-state index in [1.807, 2.05) is 6.92 Å². The smallest absolute Gasteiger partial charge is 0.242 e. The SMILES string of the molecule is CC(NS(=O)(=O)c1cncc(C#CCCO)c1)C1CCC1. The van der Waals surface area contributed by atoms with Crippen molar-refractivity contribution in [3.05, 3.63) is 24.0 Å². The lowest BCUT2D eigenvalue weighted by molar-refractivity contribution is 0.260. The molecule has 1 aromatic heterocycles. The number of sulfonamides is 1. The molecular weight excluding hydrogens is 288 g/mol. The Morgan fingerprint density at radius 2 is 2.24 bits per heavy atom. The highest BCUT2D eigenvalue weighted by Gasteiger charge is 2.28. The third kappa shape index (κ3) is 4.27. The average Bonchev–Trinajstić information content (AvgIpc) is 2.36. The van der Waals surface area contributed by atoms with E-state index in [4.69, 9.17) is 5.11 Å². The van der Waals surface area contributed by atoms with E-state index in [2.05, 4.69) is 21.5 Å². The lowest BCUT2D eigenvalue weighted by Gasteiger charge is -2.31. The number of pyridine rings is 1. The first kappa shape index (κ1) is 16.0. The maximum atomic E-state index is 12.3. The predicted molar refractivity (Wildman–Crippen MR) is 79.9 cm³/mol. The fourth-order valence-electron chi connectivity index (χ4n) is 2.20. The Morgan fingerprint density at radius 1 is 1.48 bits per heavy atom. The van der Waals surface area contributed by atoms with Gasteiger partial charge in [0.05, 0.1) is 6.61 Å². The molecule has 0 bridgehead atoms.